The van der Waals surface area contributed by atoms with Gasteiger partial charge in [0.05, 0.1) is 19.1 Å². The summed E-state index contributed by atoms with van der Waals surface area (Å²) in [5.41, 5.74) is 2.06. The first-order valence-corrected chi connectivity index (χ1v) is 9.96. The van der Waals surface area contributed by atoms with E-state index in [0.717, 1.165) is 5.56 Å². The Hall–Kier alpha value is -3.77. The monoisotopic (exact) mass is 433 g/mol. The largest absolute Gasteiger partial charge is 0.493 e. The smallest absolute Gasteiger partial charge is 0.255 e. The number of nitrogens with zero attached hydrogens (tertiary/aromatic N) is 2. The molecule has 0 unspecified atom stereocenters. The number of hydrogen-bond donors (Lipinski definition) is 1. The highest BCUT2D eigenvalue weighted by atomic mass is 35.5. The minimum Gasteiger partial charge on any atom is -0.493 e. The van der Waals surface area contributed by atoms with E-state index in [2.05, 4.69) is 10.3 Å². The van der Waals surface area contributed by atoms with E-state index in [-0.39, 0.29) is 5.91 Å². The van der Waals surface area contributed by atoms with Crippen molar-refractivity contribution in [2.45, 2.75) is 6.54 Å². The number of amides is 1. The Bertz CT molecular complexity index is 1180. The van der Waals surface area contributed by atoms with Gasteiger partial charge in [-0.25, -0.2) is 4.98 Å². The van der Waals surface area contributed by atoms with Gasteiger partial charge in [0.1, 0.15) is 0 Å². The Kier molecular flexibility index (Phi) is 6.19. The van der Waals surface area contributed by atoms with E-state index in [1.165, 1.54) is 0 Å². The van der Waals surface area contributed by atoms with Crippen LogP contribution in [-0.2, 0) is 6.54 Å². The molecule has 156 valence electrons. The molecule has 0 aliphatic heterocycles. The van der Waals surface area contributed by atoms with Gasteiger partial charge >= 0.3 is 0 Å². The maximum Gasteiger partial charge on any atom is 0.255 e. The minimum absolute atomic E-state index is 0.263. The minimum atomic E-state index is -0.263. The van der Waals surface area contributed by atoms with Crippen LogP contribution in [-0.4, -0.2) is 22.6 Å². The van der Waals surface area contributed by atoms with Crippen LogP contribution in [0.1, 0.15) is 15.9 Å². The molecule has 1 N–H and O–H groups in total. The summed E-state index contributed by atoms with van der Waals surface area (Å²) < 4.78 is 13.3. The number of benzene rings is 3. The van der Waals surface area contributed by atoms with E-state index >= 15 is 0 Å². The number of ether oxygens (including phenoxy) is 2. The van der Waals surface area contributed by atoms with E-state index in [1.54, 1.807) is 62.1 Å². The van der Waals surface area contributed by atoms with E-state index in [9.17, 15) is 4.79 Å². The number of carbonyl (C=O) groups is 1. The molecule has 1 amide bonds. The Balaban J connectivity index is 1.52. The molecule has 6 nitrogen and oxygen atoms in total. The highest BCUT2D eigenvalue weighted by molar-refractivity contribution is 6.31. The molecule has 4 rings (SSSR count). The molecule has 1 aromatic heterocycles. The molecule has 0 aliphatic rings. The number of halogens is 1. The number of rotatable bonds is 7. The summed E-state index contributed by atoms with van der Waals surface area (Å²) in [5.74, 6) is 1.31. The maximum absolute atomic E-state index is 12.8. The lowest BCUT2D eigenvalue weighted by Gasteiger charge is -2.15. The summed E-state index contributed by atoms with van der Waals surface area (Å²) in [6.45, 7) is 0.688. The standard InChI is InChI=1S/C24H20ClN3O3/c1-30-22-4-2-3-5-23(22)31-21-11-10-19(25)14-20(21)27-24(29)18-8-6-17(7-9-18)15-28-13-12-26-16-28/h2-14,16H,15H2,1H3,(H,27,29). The number of methoxy groups -OCH3 is 1. The van der Waals surface area contributed by atoms with Crippen molar-refractivity contribution < 1.29 is 14.3 Å². The number of carbonyl (C=O) groups excluding carboxylic acids is 1. The van der Waals surface area contributed by atoms with Crippen LogP contribution >= 0.6 is 11.6 Å². The molecular formula is C24H20ClN3O3. The molecule has 0 aliphatic carbocycles. The number of para-hydroxylation sites is 2. The van der Waals surface area contributed by atoms with Gasteiger partial charge in [0.25, 0.3) is 5.91 Å². The van der Waals surface area contributed by atoms with Crippen molar-refractivity contribution in [2.75, 3.05) is 12.4 Å². The van der Waals surface area contributed by atoms with Crippen LogP contribution in [0.3, 0.4) is 0 Å². The average molecular weight is 434 g/mol. The Labute approximate surface area is 185 Å². The second-order valence-electron chi connectivity index (χ2n) is 6.78. The number of imidazole rings is 1. The summed E-state index contributed by atoms with van der Waals surface area (Å²) in [4.78, 5) is 16.9. The summed E-state index contributed by atoms with van der Waals surface area (Å²) in [6, 6.07) is 19.7. The lowest BCUT2D eigenvalue weighted by molar-refractivity contribution is 0.102. The topological polar surface area (TPSA) is 65.4 Å². The molecule has 4 aromatic rings. The zero-order valence-corrected chi connectivity index (χ0v) is 17.5. The molecule has 0 saturated carbocycles. The molecule has 0 atom stereocenters. The zero-order chi connectivity index (χ0) is 21.6. The van der Waals surface area contributed by atoms with Crippen molar-refractivity contribution >= 4 is 23.2 Å². The van der Waals surface area contributed by atoms with Gasteiger partial charge < -0.3 is 19.4 Å². The first-order valence-electron chi connectivity index (χ1n) is 9.59. The second-order valence-corrected chi connectivity index (χ2v) is 7.22. The fourth-order valence-corrected chi connectivity index (χ4v) is 3.23. The molecule has 0 bridgehead atoms. The number of hydrogen-bond acceptors (Lipinski definition) is 4. The van der Waals surface area contributed by atoms with Crippen LogP contribution < -0.4 is 14.8 Å². The average Bonchev–Trinajstić information content (AvgIpc) is 3.29. The Morgan fingerprint density at radius 1 is 1.03 bits per heavy atom. The number of anilines is 1. The van der Waals surface area contributed by atoms with Crippen LogP contribution in [0.25, 0.3) is 0 Å². The molecule has 0 fully saturated rings. The zero-order valence-electron chi connectivity index (χ0n) is 16.8. The molecule has 0 radical (unpaired) electrons. The predicted molar refractivity (Wildman–Crippen MR) is 120 cm³/mol. The summed E-state index contributed by atoms with van der Waals surface area (Å²) in [5, 5.41) is 3.37. The van der Waals surface area contributed by atoms with Gasteiger partial charge in [0, 0.05) is 29.5 Å². The van der Waals surface area contributed by atoms with Crippen molar-refractivity contribution in [1.29, 1.82) is 0 Å². The van der Waals surface area contributed by atoms with Gasteiger partial charge in [0.15, 0.2) is 17.2 Å². The molecule has 7 heteroatoms. The fourth-order valence-electron chi connectivity index (χ4n) is 3.06. The second kappa shape index (κ2) is 9.36. The van der Waals surface area contributed by atoms with Crippen molar-refractivity contribution in [3.63, 3.8) is 0 Å². The summed E-state index contributed by atoms with van der Waals surface area (Å²) in [7, 11) is 1.57. The van der Waals surface area contributed by atoms with Gasteiger partial charge in [-0.3, -0.25) is 4.79 Å². The third kappa shape index (κ3) is 5.05. The summed E-state index contributed by atoms with van der Waals surface area (Å²) in [6.07, 6.45) is 5.38. The predicted octanol–water partition coefficient (Wildman–Crippen LogP) is 5.64. The molecule has 3 aromatic carbocycles. The Morgan fingerprint density at radius 2 is 1.81 bits per heavy atom. The normalized spacial score (nSPS) is 10.5. The molecule has 0 spiro atoms. The molecule has 0 saturated heterocycles. The lowest BCUT2D eigenvalue weighted by atomic mass is 10.1. The summed E-state index contributed by atoms with van der Waals surface area (Å²) >= 11 is 6.16. The Morgan fingerprint density at radius 3 is 2.52 bits per heavy atom. The first kappa shape index (κ1) is 20.5. The van der Waals surface area contributed by atoms with Crippen LogP contribution in [0.15, 0.2) is 85.5 Å². The maximum atomic E-state index is 12.8. The third-order valence-electron chi connectivity index (χ3n) is 4.62. The van der Waals surface area contributed by atoms with Crippen molar-refractivity contribution in [3.05, 3.63) is 102 Å². The quantitative estimate of drug-likeness (QED) is 0.409. The SMILES string of the molecule is COc1ccccc1Oc1ccc(Cl)cc1NC(=O)c1ccc(Cn2ccnc2)cc1. The third-order valence-corrected chi connectivity index (χ3v) is 4.85. The number of nitrogens with one attached hydrogen (secondary N) is 1. The highest BCUT2D eigenvalue weighted by Crippen LogP contribution is 2.36. The van der Waals surface area contributed by atoms with Gasteiger partial charge in [-0.05, 0) is 48.0 Å². The van der Waals surface area contributed by atoms with Gasteiger partial charge in [-0.1, -0.05) is 35.9 Å². The fraction of sp³-hybridized carbons (Fsp3) is 0.0833. The first-order chi connectivity index (χ1) is 15.1. The van der Waals surface area contributed by atoms with Crippen molar-refractivity contribution in [2.24, 2.45) is 0 Å². The van der Waals surface area contributed by atoms with Crippen LogP contribution in [0.4, 0.5) is 5.69 Å². The van der Waals surface area contributed by atoms with Gasteiger partial charge in [-0.2, -0.15) is 0 Å². The van der Waals surface area contributed by atoms with E-state index in [1.807, 2.05) is 35.0 Å². The van der Waals surface area contributed by atoms with Gasteiger partial charge in [-0.15, -0.1) is 0 Å². The van der Waals surface area contributed by atoms with E-state index < -0.39 is 0 Å². The van der Waals surface area contributed by atoms with E-state index in [4.69, 9.17) is 21.1 Å². The van der Waals surface area contributed by atoms with Gasteiger partial charge in [0.2, 0.25) is 0 Å². The van der Waals surface area contributed by atoms with Crippen molar-refractivity contribution in [1.82, 2.24) is 9.55 Å². The molecule has 1 heterocycles. The van der Waals surface area contributed by atoms with Crippen LogP contribution in [0.5, 0.6) is 17.2 Å². The van der Waals surface area contributed by atoms with Crippen LogP contribution in [0.2, 0.25) is 5.02 Å². The molecule has 31 heavy (non-hydrogen) atoms. The molecular weight excluding hydrogens is 414 g/mol. The van der Waals surface area contributed by atoms with E-state index in [0.29, 0.717) is 40.1 Å². The number of aromatic nitrogens is 2. The lowest BCUT2D eigenvalue weighted by Crippen LogP contribution is -2.12. The van der Waals surface area contributed by atoms with Crippen molar-refractivity contribution in [3.8, 4) is 17.2 Å². The highest BCUT2D eigenvalue weighted by Gasteiger charge is 2.13. The van der Waals surface area contributed by atoms with Crippen LogP contribution in [0, 0.1) is 0 Å².